The van der Waals surface area contributed by atoms with Crippen LogP contribution in [0.25, 0.3) is 17.1 Å². The number of hydrogen-bond donors (Lipinski definition) is 1. The fourth-order valence-electron chi connectivity index (χ4n) is 3.08. The average molecular weight is 417 g/mol. The van der Waals surface area contributed by atoms with E-state index in [1.165, 1.54) is 0 Å². The lowest BCUT2D eigenvalue weighted by Crippen LogP contribution is -2.15. The SMILES string of the molecule is Cc1ccc(-c2nc(C(=O)Nc3ccccc3C)nn2-c2ccc(C)c(Cl)c2)cc1. The first-order valence-electron chi connectivity index (χ1n) is 9.60. The summed E-state index contributed by atoms with van der Waals surface area (Å²) in [6.07, 6.45) is 0. The van der Waals surface area contributed by atoms with E-state index in [-0.39, 0.29) is 11.7 Å². The minimum Gasteiger partial charge on any atom is -0.319 e. The molecule has 30 heavy (non-hydrogen) atoms. The van der Waals surface area contributed by atoms with E-state index in [0.29, 0.717) is 10.8 Å². The van der Waals surface area contributed by atoms with Crippen LogP contribution in [0.15, 0.2) is 66.7 Å². The summed E-state index contributed by atoms with van der Waals surface area (Å²) < 4.78 is 1.66. The van der Waals surface area contributed by atoms with Gasteiger partial charge in [0.1, 0.15) is 0 Å². The van der Waals surface area contributed by atoms with Gasteiger partial charge in [-0.3, -0.25) is 4.79 Å². The molecule has 6 heteroatoms. The fraction of sp³-hybridized carbons (Fsp3) is 0.125. The van der Waals surface area contributed by atoms with Crippen LogP contribution in [-0.4, -0.2) is 20.7 Å². The molecule has 3 aromatic carbocycles. The summed E-state index contributed by atoms with van der Waals surface area (Å²) in [5.41, 5.74) is 5.41. The first-order chi connectivity index (χ1) is 14.4. The molecule has 0 bridgehead atoms. The molecule has 0 spiro atoms. The highest BCUT2D eigenvalue weighted by Crippen LogP contribution is 2.25. The molecule has 1 N–H and O–H groups in total. The second kappa shape index (κ2) is 8.13. The van der Waals surface area contributed by atoms with Crippen LogP contribution in [0.5, 0.6) is 0 Å². The average Bonchev–Trinajstić information content (AvgIpc) is 3.18. The highest BCUT2D eigenvalue weighted by atomic mass is 35.5. The smallest absolute Gasteiger partial charge is 0.295 e. The van der Waals surface area contributed by atoms with Crippen LogP contribution in [0.1, 0.15) is 27.3 Å². The Hall–Kier alpha value is -3.44. The minimum atomic E-state index is -0.366. The van der Waals surface area contributed by atoms with Crippen molar-refractivity contribution < 1.29 is 4.79 Å². The van der Waals surface area contributed by atoms with Gasteiger partial charge in [0.2, 0.25) is 5.82 Å². The third-order valence-corrected chi connectivity index (χ3v) is 5.32. The lowest BCUT2D eigenvalue weighted by molar-refractivity contribution is 0.101. The molecule has 0 fully saturated rings. The molecule has 4 rings (SSSR count). The molecule has 0 saturated carbocycles. The Morgan fingerprint density at radius 2 is 1.67 bits per heavy atom. The highest BCUT2D eigenvalue weighted by Gasteiger charge is 2.19. The van der Waals surface area contributed by atoms with Gasteiger partial charge in [-0.1, -0.05) is 65.7 Å². The maximum absolute atomic E-state index is 12.9. The predicted molar refractivity (Wildman–Crippen MR) is 120 cm³/mol. The molecule has 150 valence electrons. The van der Waals surface area contributed by atoms with Crippen LogP contribution in [0.4, 0.5) is 5.69 Å². The van der Waals surface area contributed by atoms with Crippen LogP contribution in [-0.2, 0) is 0 Å². The summed E-state index contributed by atoms with van der Waals surface area (Å²) in [6.45, 7) is 5.90. The number of rotatable bonds is 4. The minimum absolute atomic E-state index is 0.0884. The Morgan fingerprint density at radius 1 is 0.933 bits per heavy atom. The number of halogens is 1. The molecular formula is C24H21ClN4O. The zero-order valence-corrected chi connectivity index (χ0v) is 17.7. The topological polar surface area (TPSA) is 59.8 Å². The monoisotopic (exact) mass is 416 g/mol. The van der Waals surface area contributed by atoms with Gasteiger partial charge in [0.15, 0.2) is 5.82 Å². The van der Waals surface area contributed by atoms with E-state index in [9.17, 15) is 4.79 Å². The van der Waals surface area contributed by atoms with Gasteiger partial charge in [-0.25, -0.2) is 9.67 Å². The third-order valence-electron chi connectivity index (χ3n) is 4.91. The predicted octanol–water partition coefficient (Wildman–Crippen LogP) is 5.77. The zero-order chi connectivity index (χ0) is 21.3. The molecule has 0 radical (unpaired) electrons. The molecule has 5 nitrogen and oxygen atoms in total. The number of benzene rings is 3. The van der Waals surface area contributed by atoms with Crippen molar-refractivity contribution in [1.82, 2.24) is 14.8 Å². The van der Waals surface area contributed by atoms with Crippen LogP contribution in [0, 0.1) is 20.8 Å². The van der Waals surface area contributed by atoms with Gasteiger partial charge >= 0.3 is 0 Å². The van der Waals surface area contributed by atoms with Crippen LogP contribution < -0.4 is 5.32 Å². The molecule has 1 heterocycles. The van der Waals surface area contributed by atoms with E-state index in [1.807, 2.05) is 87.5 Å². The lowest BCUT2D eigenvalue weighted by atomic mass is 10.1. The molecule has 0 saturated heterocycles. The summed E-state index contributed by atoms with van der Waals surface area (Å²) in [4.78, 5) is 17.5. The number of anilines is 1. The van der Waals surface area contributed by atoms with Crippen molar-refractivity contribution in [3.05, 3.63) is 94.3 Å². The molecule has 0 aliphatic carbocycles. The Kier molecular flexibility index (Phi) is 5.38. The number of amides is 1. The highest BCUT2D eigenvalue weighted by molar-refractivity contribution is 6.31. The summed E-state index contributed by atoms with van der Waals surface area (Å²) >= 11 is 6.34. The van der Waals surface area contributed by atoms with Gasteiger partial charge in [-0.2, -0.15) is 0 Å². The number of nitrogens with one attached hydrogen (secondary N) is 1. The van der Waals surface area contributed by atoms with Crippen LogP contribution in [0.2, 0.25) is 5.02 Å². The Labute approximate surface area is 180 Å². The van der Waals surface area contributed by atoms with E-state index in [0.717, 1.165) is 33.6 Å². The number of hydrogen-bond acceptors (Lipinski definition) is 3. The van der Waals surface area contributed by atoms with E-state index in [4.69, 9.17) is 11.6 Å². The van der Waals surface area contributed by atoms with Crippen molar-refractivity contribution >= 4 is 23.2 Å². The van der Waals surface area contributed by atoms with Gasteiger partial charge in [0, 0.05) is 16.3 Å². The third kappa shape index (κ3) is 3.98. The zero-order valence-electron chi connectivity index (χ0n) is 17.0. The van der Waals surface area contributed by atoms with Crippen molar-refractivity contribution in [2.75, 3.05) is 5.32 Å². The van der Waals surface area contributed by atoms with Gasteiger partial charge in [-0.05, 0) is 50.1 Å². The van der Waals surface area contributed by atoms with Crippen molar-refractivity contribution in [2.45, 2.75) is 20.8 Å². The van der Waals surface area contributed by atoms with E-state index in [1.54, 1.807) is 4.68 Å². The summed E-state index contributed by atoms with van der Waals surface area (Å²) in [7, 11) is 0. The Morgan fingerprint density at radius 3 is 2.37 bits per heavy atom. The molecule has 0 atom stereocenters. The fourth-order valence-corrected chi connectivity index (χ4v) is 3.26. The van der Waals surface area contributed by atoms with Crippen molar-refractivity contribution in [3.63, 3.8) is 0 Å². The number of aromatic nitrogens is 3. The van der Waals surface area contributed by atoms with Crippen molar-refractivity contribution in [1.29, 1.82) is 0 Å². The first kappa shape index (κ1) is 19.9. The molecule has 0 aliphatic heterocycles. The van der Waals surface area contributed by atoms with Crippen molar-refractivity contribution in [2.24, 2.45) is 0 Å². The maximum Gasteiger partial charge on any atom is 0.295 e. The summed E-state index contributed by atoms with van der Waals surface area (Å²) in [5, 5.41) is 8.04. The lowest BCUT2D eigenvalue weighted by Gasteiger charge is -2.08. The van der Waals surface area contributed by atoms with Gasteiger partial charge in [0.05, 0.1) is 5.69 Å². The molecule has 0 unspecified atom stereocenters. The van der Waals surface area contributed by atoms with E-state index >= 15 is 0 Å². The van der Waals surface area contributed by atoms with E-state index < -0.39 is 0 Å². The molecule has 1 amide bonds. The largest absolute Gasteiger partial charge is 0.319 e. The number of carbonyl (C=O) groups excluding carboxylic acids is 1. The summed E-state index contributed by atoms with van der Waals surface area (Å²) in [6, 6.07) is 21.2. The second-order valence-corrected chi connectivity index (χ2v) is 7.65. The maximum atomic E-state index is 12.9. The second-order valence-electron chi connectivity index (χ2n) is 7.24. The standard InChI is InChI=1S/C24H21ClN4O/c1-15-8-11-18(12-9-15)23-27-22(24(30)26-21-7-5-4-6-17(21)3)28-29(23)19-13-10-16(2)20(25)14-19/h4-14H,1-3H3,(H,26,30). The van der Waals surface area contributed by atoms with Gasteiger partial charge in [0.25, 0.3) is 5.91 Å². The number of nitrogens with zero attached hydrogens (tertiary/aromatic N) is 3. The molecule has 4 aromatic rings. The Balaban J connectivity index is 1.79. The van der Waals surface area contributed by atoms with Gasteiger partial charge < -0.3 is 5.32 Å². The van der Waals surface area contributed by atoms with Crippen LogP contribution in [0.3, 0.4) is 0 Å². The number of carbonyl (C=O) groups is 1. The number of para-hydroxylation sites is 1. The van der Waals surface area contributed by atoms with Gasteiger partial charge in [-0.15, -0.1) is 5.10 Å². The van der Waals surface area contributed by atoms with E-state index in [2.05, 4.69) is 15.4 Å². The number of aryl methyl sites for hydroxylation is 3. The first-order valence-corrected chi connectivity index (χ1v) is 9.98. The molecular weight excluding hydrogens is 396 g/mol. The Bertz CT molecular complexity index is 1230. The quantitative estimate of drug-likeness (QED) is 0.459. The van der Waals surface area contributed by atoms with Crippen molar-refractivity contribution in [3.8, 4) is 17.1 Å². The molecule has 1 aromatic heterocycles. The van der Waals surface area contributed by atoms with Crippen LogP contribution >= 0.6 is 11.6 Å². The molecule has 0 aliphatic rings. The normalized spacial score (nSPS) is 10.8. The summed E-state index contributed by atoms with van der Waals surface area (Å²) in [5.74, 6) is 0.296.